The maximum Gasteiger partial charge on any atom is 0.252 e. The van der Waals surface area contributed by atoms with Crippen LogP contribution in [0, 0.1) is 0 Å². The van der Waals surface area contributed by atoms with E-state index in [2.05, 4.69) is 27.0 Å². The summed E-state index contributed by atoms with van der Waals surface area (Å²) >= 11 is 0. The Hall–Kier alpha value is -3.49. The number of nitrogens with zero attached hydrogens (tertiary/aromatic N) is 3. The zero-order chi connectivity index (χ0) is 29.5. The number of hydrogen-bond donors (Lipinski definition) is 2. The van der Waals surface area contributed by atoms with E-state index in [0.717, 1.165) is 59.9 Å². The molecule has 0 aliphatic carbocycles. The Bertz CT molecular complexity index is 1370. The Morgan fingerprint density at radius 1 is 0.929 bits per heavy atom. The van der Waals surface area contributed by atoms with Gasteiger partial charge in [0.15, 0.2) is 0 Å². The van der Waals surface area contributed by atoms with Gasteiger partial charge in [0.1, 0.15) is 6.04 Å². The van der Waals surface area contributed by atoms with E-state index in [9.17, 15) is 14.4 Å². The van der Waals surface area contributed by atoms with Gasteiger partial charge in [-0.1, -0.05) is 55.8 Å². The molecule has 5 rings (SSSR count). The van der Waals surface area contributed by atoms with Crippen LogP contribution in [0.5, 0.6) is 0 Å². The van der Waals surface area contributed by atoms with Gasteiger partial charge in [-0.2, -0.15) is 0 Å². The monoisotopic (exact) mass is 571 g/mol. The van der Waals surface area contributed by atoms with Crippen molar-refractivity contribution in [2.75, 3.05) is 32.7 Å². The van der Waals surface area contributed by atoms with Crippen molar-refractivity contribution in [3.05, 3.63) is 71.4 Å². The Balaban J connectivity index is 1.30. The van der Waals surface area contributed by atoms with Gasteiger partial charge in [-0.25, -0.2) is 0 Å². The molecular formula is C34H45N5O3. The summed E-state index contributed by atoms with van der Waals surface area (Å²) < 4.78 is 0. The fraction of sp³-hybridized carbons (Fsp3) is 0.500. The number of aromatic amines is 1. The third-order valence-electron chi connectivity index (χ3n) is 9.04. The topological polar surface area (TPSA) is 88.8 Å². The molecule has 8 heteroatoms. The summed E-state index contributed by atoms with van der Waals surface area (Å²) in [6, 6.07) is 15.6. The third kappa shape index (κ3) is 7.28. The van der Waals surface area contributed by atoms with E-state index in [1.807, 2.05) is 54.7 Å². The van der Waals surface area contributed by atoms with Crippen LogP contribution in [0.4, 0.5) is 0 Å². The van der Waals surface area contributed by atoms with Crippen LogP contribution in [-0.4, -0.2) is 82.2 Å². The molecule has 0 radical (unpaired) electrons. The first-order valence-corrected chi connectivity index (χ1v) is 15.6. The van der Waals surface area contributed by atoms with Gasteiger partial charge in [0.05, 0.1) is 13.1 Å². The lowest BCUT2D eigenvalue weighted by atomic mass is 10.00. The fourth-order valence-electron chi connectivity index (χ4n) is 6.65. The van der Waals surface area contributed by atoms with Crippen molar-refractivity contribution in [1.82, 2.24) is 25.0 Å². The first-order valence-electron chi connectivity index (χ1n) is 15.6. The first-order chi connectivity index (χ1) is 20.4. The van der Waals surface area contributed by atoms with Crippen molar-refractivity contribution in [3.8, 4) is 0 Å². The van der Waals surface area contributed by atoms with E-state index in [-0.39, 0.29) is 30.8 Å². The standard InChI is InChI=1S/C34H45N5O3/c1-3-26-11-5-6-12-27(26)23-39(25(2)40)34(42)32(21-28-22-35-31-14-8-7-13-30(28)31)36-33(41)24-37-19-15-29(16-20-37)38-17-9-4-10-18-38/h5-8,11-14,22,29,32,35H,3-4,9-10,15-21,23-24H2,1-2H3,(H,36,41). The van der Waals surface area contributed by atoms with Crippen molar-refractivity contribution in [1.29, 1.82) is 0 Å². The van der Waals surface area contributed by atoms with Gasteiger partial charge >= 0.3 is 0 Å². The Morgan fingerprint density at radius 3 is 2.33 bits per heavy atom. The molecule has 1 unspecified atom stereocenters. The maximum absolute atomic E-state index is 14.1. The van der Waals surface area contributed by atoms with E-state index >= 15 is 0 Å². The smallest absolute Gasteiger partial charge is 0.252 e. The molecule has 8 nitrogen and oxygen atoms in total. The molecule has 2 saturated heterocycles. The van der Waals surface area contributed by atoms with Crippen LogP contribution in [0.1, 0.15) is 62.6 Å². The van der Waals surface area contributed by atoms with Gasteiger partial charge in [0, 0.05) is 49.6 Å². The van der Waals surface area contributed by atoms with Crippen molar-refractivity contribution in [3.63, 3.8) is 0 Å². The molecule has 0 bridgehead atoms. The second-order valence-corrected chi connectivity index (χ2v) is 11.9. The van der Waals surface area contributed by atoms with Gasteiger partial charge in [0.25, 0.3) is 5.91 Å². The van der Waals surface area contributed by atoms with Crippen LogP contribution in [0.25, 0.3) is 10.9 Å². The van der Waals surface area contributed by atoms with Crippen molar-refractivity contribution in [2.24, 2.45) is 0 Å². The van der Waals surface area contributed by atoms with E-state index in [4.69, 9.17) is 0 Å². The quantitative estimate of drug-likeness (QED) is 0.379. The lowest BCUT2D eigenvalue weighted by molar-refractivity contribution is -0.147. The number of rotatable bonds is 10. The molecule has 3 aromatic rings. The number of imide groups is 1. The normalized spacial score (nSPS) is 17.7. The number of likely N-dealkylation sites (tertiary alicyclic amines) is 2. The highest BCUT2D eigenvalue weighted by Crippen LogP contribution is 2.22. The largest absolute Gasteiger partial charge is 0.361 e. The van der Waals surface area contributed by atoms with Crippen molar-refractivity contribution in [2.45, 2.75) is 77.4 Å². The van der Waals surface area contributed by atoms with E-state index in [1.54, 1.807) is 0 Å². The summed E-state index contributed by atoms with van der Waals surface area (Å²) in [7, 11) is 0. The number of carbonyl (C=O) groups is 3. The number of fused-ring (bicyclic) bond motifs is 1. The number of hydrogen-bond acceptors (Lipinski definition) is 5. The molecule has 3 heterocycles. The minimum atomic E-state index is -0.861. The van der Waals surface area contributed by atoms with E-state index in [0.29, 0.717) is 12.5 Å². The lowest BCUT2D eigenvalue weighted by Gasteiger charge is -2.40. The summed E-state index contributed by atoms with van der Waals surface area (Å²) in [5, 5.41) is 4.05. The van der Waals surface area contributed by atoms with Crippen LogP contribution >= 0.6 is 0 Å². The molecule has 1 atom stereocenters. The molecule has 3 amide bonds. The summed E-state index contributed by atoms with van der Waals surface area (Å²) in [4.78, 5) is 49.7. The highest BCUT2D eigenvalue weighted by atomic mass is 16.2. The maximum atomic E-state index is 14.1. The summed E-state index contributed by atoms with van der Waals surface area (Å²) in [6.07, 6.45) is 9.05. The molecule has 0 saturated carbocycles. The molecule has 0 spiro atoms. The van der Waals surface area contributed by atoms with Gasteiger partial charge in [-0.05, 0) is 68.0 Å². The van der Waals surface area contributed by atoms with Crippen molar-refractivity contribution < 1.29 is 14.4 Å². The summed E-state index contributed by atoms with van der Waals surface area (Å²) in [6.45, 7) is 8.06. The molecular weight excluding hydrogens is 526 g/mol. The molecule has 42 heavy (non-hydrogen) atoms. The zero-order valence-electron chi connectivity index (χ0n) is 25.1. The minimum absolute atomic E-state index is 0.179. The Morgan fingerprint density at radius 2 is 1.62 bits per heavy atom. The van der Waals surface area contributed by atoms with E-state index < -0.39 is 6.04 Å². The number of aryl methyl sites for hydroxylation is 1. The molecule has 2 aliphatic rings. The fourth-order valence-corrected chi connectivity index (χ4v) is 6.65. The molecule has 2 aliphatic heterocycles. The Labute approximate surface area is 249 Å². The SMILES string of the molecule is CCc1ccccc1CN(C(C)=O)C(=O)C(Cc1c[nH]c2ccccc12)NC(=O)CN1CCC(N2CCCCC2)CC1. The predicted octanol–water partition coefficient (Wildman–Crippen LogP) is 4.28. The first kappa shape index (κ1) is 30.0. The number of para-hydroxylation sites is 1. The number of nitrogens with one attached hydrogen (secondary N) is 2. The number of aromatic nitrogens is 1. The van der Waals surface area contributed by atoms with E-state index in [1.165, 1.54) is 44.2 Å². The predicted molar refractivity (Wildman–Crippen MR) is 166 cm³/mol. The van der Waals surface area contributed by atoms with Crippen LogP contribution in [0.3, 0.4) is 0 Å². The van der Waals surface area contributed by atoms with Crippen molar-refractivity contribution >= 4 is 28.6 Å². The van der Waals surface area contributed by atoms with Crippen LogP contribution in [-0.2, 0) is 33.8 Å². The van der Waals surface area contributed by atoms with Crippen LogP contribution < -0.4 is 5.32 Å². The van der Waals surface area contributed by atoms with Gasteiger partial charge in [-0.15, -0.1) is 0 Å². The van der Waals surface area contributed by atoms with Crippen LogP contribution in [0.2, 0.25) is 0 Å². The molecule has 2 aromatic carbocycles. The summed E-state index contributed by atoms with van der Waals surface area (Å²) in [5.41, 5.74) is 3.95. The molecule has 2 N–H and O–H groups in total. The zero-order valence-corrected chi connectivity index (χ0v) is 25.1. The van der Waals surface area contributed by atoms with Gasteiger partial charge in [-0.3, -0.25) is 24.2 Å². The number of carbonyl (C=O) groups excluding carboxylic acids is 3. The highest BCUT2D eigenvalue weighted by Gasteiger charge is 2.31. The molecule has 224 valence electrons. The lowest BCUT2D eigenvalue weighted by Crippen LogP contribution is -2.54. The number of H-pyrrole nitrogens is 1. The number of amides is 3. The Kier molecular flexibility index (Phi) is 10.1. The van der Waals surface area contributed by atoms with Gasteiger partial charge in [0.2, 0.25) is 11.8 Å². The summed E-state index contributed by atoms with van der Waals surface area (Å²) in [5.74, 6) is -0.887. The number of benzene rings is 2. The molecule has 2 fully saturated rings. The second-order valence-electron chi connectivity index (χ2n) is 11.9. The average Bonchev–Trinajstić information content (AvgIpc) is 3.42. The van der Waals surface area contributed by atoms with Crippen LogP contribution in [0.15, 0.2) is 54.7 Å². The highest BCUT2D eigenvalue weighted by molar-refractivity contribution is 5.99. The minimum Gasteiger partial charge on any atom is -0.361 e. The molecule has 1 aromatic heterocycles. The third-order valence-corrected chi connectivity index (χ3v) is 9.04. The average molecular weight is 572 g/mol. The van der Waals surface area contributed by atoms with Gasteiger partial charge < -0.3 is 15.2 Å². The number of piperidine rings is 2. The second kappa shape index (κ2) is 14.1.